The number of carbonyl (C=O) groups excluding carboxylic acids is 1. The van der Waals surface area contributed by atoms with E-state index in [0.29, 0.717) is 0 Å². The number of carbonyl (C=O) groups is 1. The molecular formula is C15H19N3OS. The predicted octanol–water partition coefficient (Wildman–Crippen LogP) is 2.89. The monoisotopic (exact) mass is 289 g/mol. The summed E-state index contributed by atoms with van der Waals surface area (Å²) >= 11 is 1.55. The van der Waals surface area contributed by atoms with Gasteiger partial charge in [0.2, 0.25) is 5.91 Å². The molecule has 20 heavy (non-hydrogen) atoms. The first-order chi connectivity index (χ1) is 9.61. The van der Waals surface area contributed by atoms with Gasteiger partial charge in [0.15, 0.2) is 5.13 Å². The van der Waals surface area contributed by atoms with Crippen molar-refractivity contribution >= 4 is 32.6 Å². The summed E-state index contributed by atoms with van der Waals surface area (Å²) in [6, 6.07) is 6.16. The molecule has 0 atom stereocenters. The zero-order valence-electron chi connectivity index (χ0n) is 11.8. The second kappa shape index (κ2) is 5.50. The molecule has 1 amide bonds. The Morgan fingerprint density at radius 3 is 2.90 bits per heavy atom. The van der Waals surface area contributed by atoms with Crippen molar-refractivity contribution in [2.24, 2.45) is 5.92 Å². The molecule has 0 saturated carbocycles. The first-order valence-electron chi connectivity index (χ1n) is 6.98. The van der Waals surface area contributed by atoms with Crippen LogP contribution in [-0.2, 0) is 4.79 Å². The maximum Gasteiger partial charge on any atom is 0.229 e. The molecule has 1 aliphatic heterocycles. The second-order valence-electron chi connectivity index (χ2n) is 5.56. The summed E-state index contributed by atoms with van der Waals surface area (Å²) in [6.07, 6.45) is 1.87. The zero-order chi connectivity index (χ0) is 14.1. The molecule has 1 saturated heterocycles. The molecule has 0 unspecified atom stereocenters. The Morgan fingerprint density at radius 2 is 2.15 bits per heavy atom. The number of anilines is 1. The van der Waals surface area contributed by atoms with Crippen molar-refractivity contribution in [2.45, 2.75) is 19.8 Å². The molecular weight excluding hydrogens is 270 g/mol. The van der Waals surface area contributed by atoms with Crippen LogP contribution in [-0.4, -0.2) is 35.9 Å². The first kappa shape index (κ1) is 13.5. The third-order valence-corrected chi connectivity index (χ3v) is 4.80. The van der Waals surface area contributed by atoms with Gasteiger partial charge in [-0.15, -0.1) is 0 Å². The van der Waals surface area contributed by atoms with E-state index in [1.807, 2.05) is 12.1 Å². The van der Waals surface area contributed by atoms with Gasteiger partial charge < -0.3 is 10.2 Å². The van der Waals surface area contributed by atoms with E-state index < -0.39 is 0 Å². The molecule has 106 valence electrons. The van der Waals surface area contributed by atoms with Crippen molar-refractivity contribution < 1.29 is 4.79 Å². The van der Waals surface area contributed by atoms with Crippen LogP contribution in [0.5, 0.6) is 0 Å². The molecule has 0 radical (unpaired) electrons. The van der Waals surface area contributed by atoms with E-state index in [0.717, 1.165) is 41.3 Å². The predicted molar refractivity (Wildman–Crippen MR) is 83.2 cm³/mol. The number of thiazole rings is 1. The molecule has 5 heteroatoms. The molecule has 2 heterocycles. The minimum atomic E-state index is 0.119. The van der Waals surface area contributed by atoms with Crippen molar-refractivity contribution in [1.29, 1.82) is 0 Å². The van der Waals surface area contributed by atoms with Crippen LogP contribution in [0.15, 0.2) is 18.2 Å². The molecule has 0 spiro atoms. The molecule has 1 N–H and O–H groups in total. The molecule has 1 aromatic heterocycles. The average Bonchev–Trinajstić information content (AvgIpc) is 2.80. The average molecular weight is 289 g/mol. The Hall–Kier alpha value is -1.46. The van der Waals surface area contributed by atoms with Crippen LogP contribution in [0.4, 0.5) is 5.13 Å². The Morgan fingerprint density at radius 1 is 1.40 bits per heavy atom. The summed E-state index contributed by atoms with van der Waals surface area (Å²) in [6.45, 7) is 4.06. The van der Waals surface area contributed by atoms with E-state index in [4.69, 9.17) is 0 Å². The summed E-state index contributed by atoms with van der Waals surface area (Å²) < 4.78 is 1.13. The molecule has 4 nitrogen and oxygen atoms in total. The Labute approximate surface area is 122 Å². The lowest BCUT2D eigenvalue weighted by Crippen LogP contribution is -2.35. The molecule has 1 fully saturated rings. The first-order valence-corrected chi connectivity index (χ1v) is 7.80. The number of amides is 1. The summed E-state index contributed by atoms with van der Waals surface area (Å²) in [5.74, 6) is 0.244. The van der Waals surface area contributed by atoms with Crippen LogP contribution in [0.25, 0.3) is 10.2 Å². The molecule has 0 aliphatic carbocycles. The zero-order valence-corrected chi connectivity index (χ0v) is 12.7. The van der Waals surface area contributed by atoms with Gasteiger partial charge in [-0.2, -0.15) is 0 Å². The minimum absolute atomic E-state index is 0.119. The van der Waals surface area contributed by atoms with Gasteiger partial charge in [0.05, 0.1) is 10.2 Å². The van der Waals surface area contributed by atoms with Crippen molar-refractivity contribution in [3.8, 4) is 0 Å². The highest BCUT2D eigenvalue weighted by Gasteiger charge is 2.24. The number of hydrogen-bond donors (Lipinski definition) is 1. The largest absolute Gasteiger partial charge is 0.306 e. The minimum Gasteiger partial charge on any atom is -0.306 e. The van der Waals surface area contributed by atoms with Crippen molar-refractivity contribution in [3.63, 3.8) is 0 Å². The number of rotatable bonds is 2. The summed E-state index contributed by atoms with van der Waals surface area (Å²) in [7, 11) is 2.10. The van der Waals surface area contributed by atoms with Gasteiger partial charge in [0.1, 0.15) is 0 Å². The third-order valence-electron chi connectivity index (χ3n) is 3.86. The van der Waals surface area contributed by atoms with Gasteiger partial charge in [0, 0.05) is 5.92 Å². The van der Waals surface area contributed by atoms with Gasteiger partial charge >= 0.3 is 0 Å². The standard InChI is InChI=1S/C15H19N3OS/c1-10-3-4-12-13(9-10)20-15(16-12)17-14(19)11-5-7-18(2)8-6-11/h3-4,9,11H,5-8H2,1-2H3,(H,16,17,19). The maximum absolute atomic E-state index is 12.3. The smallest absolute Gasteiger partial charge is 0.229 e. The number of piperidine rings is 1. The van der Waals surface area contributed by atoms with Gasteiger partial charge in [-0.25, -0.2) is 4.98 Å². The quantitative estimate of drug-likeness (QED) is 0.924. The van der Waals surface area contributed by atoms with Crippen molar-refractivity contribution in [1.82, 2.24) is 9.88 Å². The van der Waals surface area contributed by atoms with Crippen LogP contribution in [0.1, 0.15) is 18.4 Å². The number of nitrogens with zero attached hydrogens (tertiary/aromatic N) is 2. The SMILES string of the molecule is Cc1ccc2nc(NC(=O)C3CCN(C)CC3)sc2c1. The number of likely N-dealkylation sites (tertiary alicyclic amines) is 1. The van der Waals surface area contributed by atoms with E-state index in [1.54, 1.807) is 11.3 Å². The van der Waals surface area contributed by atoms with Gasteiger partial charge in [-0.05, 0) is 57.6 Å². The Bertz CT molecular complexity index is 629. The van der Waals surface area contributed by atoms with Crippen LogP contribution in [0, 0.1) is 12.8 Å². The van der Waals surface area contributed by atoms with Crippen LogP contribution in [0.3, 0.4) is 0 Å². The lowest BCUT2D eigenvalue weighted by atomic mass is 9.96. The fraction of sp³-hybridized carbons (Fsp3) is 0.467. The van der Waals surface area contributed by atoms with Gasteiger partial charge in [-0.3, -0.25) is 4.79 Å². The fourth-order valence-corrected chi connectivity index (χ4v) is 3.53. The lowest BCUT2D eigenvalue weighted by Gasteiger charge is -2.27. The Kier molecular flexibility index (Phi) is 3.72. The second-order valence-corrected chi connectivity index (χ2v) is 6.59. The molecule has 1 aromatic carbocycles. The van der Waals surface area contributed by atoms with Crippen LogP contribution >= 0.6 is 11.3 Å². The number of fused-ring (bicyclic) bond motifs is 1. The number of hydrogen-bond acceptors (Lipinski definition) is 4. The Balaban J connectivity index is 1.71. The highest BCUT2D eigenvalue weighted by molar-refractivity contribution is 7.22. The number of aromatic nitrogens is 1. The lowest BCUT2D eigenvalue weighted by molar-refractivity contribution is -0.121. The number of nitrogens with one attached hydrogen (secondary N) is 1. The summed E-state index contributed by atoms with van der Waals surface area (Å²) in [5, 5.41) is 3.70. The normalized spacial score (nSPS) is 17.5. The molecule has 3 rings (SSSR count). The summed E-state index contributed by atoms with van der Waals surface area (Å²) in [5.41, 5.74) is 2.17. The van der Waals surface area contributed by atoms with Gasteiger partial charge in [0.25, 0.3) is 0 Å². The van der Waals surface area contributed by atoms with Gasteiger partial charge in [-0.1, -0.05) is 17.4 Å². The fourth-order valence-electron chi connectivity index (χ4n) is 2.56. The van der Waals surface area contributed by atoms with Crippen molar-refractivity contribution in [3.05, 3.63) is 23.8 Å². The van der Waals surface area contributed by atoms with E-state index in [2.05, 4.69) is 35.2 Å². The van der Waals surface area contributed by atoms with E-state index in [-0.39, 0.29) is 11.8 Å². The maximum atomic E-state index is 12.3. The summed E-state index contributed by atoms with van der Waals surface area (Å²) in [4.78, 5) is 19.0. The van der Waals surface area contributed by atoms with Crippen LogP contribution < -0.4 is 5.32 Å². The topological polar surface area (TPSA) is 45.2 Å². The van der Waals surface area contributed by atoms with Crippen molar-refractivity contribution in [2.75, 3.05) is 25.5 Å². The van der Waals surface area contributed by atoms with E-state index >= 15 is 0 Å². The van der Waals surface area contributed by atoms with E-state index in [1.165, 1.54) is 5.56 Å². The molecule has 1 aliphatic rings. The molecule has 0 bridgehead atoms. The third kappa shape index (κ3) is 2.83. The van der Waals surface area contributed by atoms with E-state index in [9.17, 15) is 4.79 Å². The highest BCUT2D eigenvalue weighted by atomic mass is 32.1. The van der Waals surface area contributed by atoms with Crippen LogP contribution in [0.2, 0.25) is 0 Å². The number of benzene rings is 1. The highest BCUT2D eigenvalue weighted by Crippen LogP contribution is 2.27. The molecule has 2 aromatic rings. The number of aryl methyl sites for hydroxylation is 1.